The smallest absolute Gasteiger partial charge is 0.203 e. The molecule has 1 rings (SSSR count). The van der Waals surface area contributed by atoms with Gasteiger partial charge in [-0.2, -0.15) is 0 Å². The van der Waals surface area contributed by atoms with Gasteiger partial charge < -0.3 is 0 Å². The molecule has 1 heterocycles. The van der Waals surface area contributed by atoms with Crippen LogP contribution in [0.3, 0.4) is 0 Å². The van der Waals surface area contributed by atoms with Crippen LogP contribution in [0.15, 0.2) is 24.9 Å². The predicted molar refractivity (Wildman–Crippen MR) is 41.3 cm³/mol. The fraction of sp³-hybridized carbons (Fsp3) is 0.125. The van der Waals surface area contributed by atoms with Crippen molar-refractivity contribution in [3.63, 3.8) is 0 Å². The van der Waals surface area contributed by atoms with Crippen LogP contribution in [0.4, 0.5) is 0 Å². The Bertz CT molecular complexity index is 294. The molecule has 0 unspecified atom stereocenters. The van der Waals surface area contributed by atoms with E-state index in [1.165, 1.54) is 6.08 Å². The maximum atomic E-state index is 11.0. The lowest BCUT2D eigenvalue weighted by molar-refractivity contribution is 0.104. The van der Waals surface area contributed by atoms with E-state index in [0.717, 1.165) is 0 Å². The Balaban J connectivity index is 3.05. The van der Waals surface area contributed by atoms with Crippen molar-refractivity contribution < 1.29 is 4.79 Å². The number of hydrogen-bond acceptors (Lipinski definition) is 3. The van der Waals surface area contributed by atoms with Crippen LogP contribution in [-0.2, 0) is 0 Å². The number of rotatable bonds is 2. The zero-order valence-electron chi connectivity index (χ0n) is 6.24. The van der Waals surface area contributed by atoms with Crippen molar-refractivity contribution in [2.45, 2.75) is 6.92 Å². The minimum absolute atomic E-state index is 0.171. The van der Waals surface area contributed by atoms with Gasteiger partial charge in [0.15, 0.2) is 0 Å². The van der Waals surface area contributed by atoms with Gasteiger partial charge in [-0.3, -0.25) is 4.79 Å². The van der Waals surface area contributed by atoms with Gasteiger partial charge in [0.25, 0.3) is 0 Å². The second-order valence-electron chi connectivity index (χ2n) is 2.06. The average Bonchev–Trinajstić information content (AvgIpc) is 2.03. The maximum Gasteiger partial charge on any atom is 0.203 e. The number of allylic oxidation sites excluding steroid dienone is 1. The van der Waals surface area contributed by atoms with Gasteiger partial charge in [-0.05, 0) is 19.1 Å². The molecule has 0 atom stereocenters. The van der Waals surface area contributed by atoms with E-state index >= 15 is 0 Å². The molecular weight excluding hydrogens is 140 g/mol. The zero-order valence-corrected chi connectivity index (χ0v) is 6.24. The highest BCUT2D eigenvalue weighted by Crippen LogP contribution is 1.95. The Labute approximate surface area is 64.8 Å². The molecule has 0 saturated heterocycles. The second-order valence-corrected chi connectivity index (χ2v) is 2.06. The van der Waals surface area contributed by atoms with Crippen LogP contribution in [0.5, 0.6) is 0 Å². The molecule has 0 N–H and O–H groups in total. The largest absolute Gasteiger partial charge is 0.288 e. The van der Waals surface area contributed by atoms with Crippen LogP contribution in [0, 0.1) is 6.92 Å². The average molecular weight is 148 g/mol. The van der Waals surface area contributed by atoms with Crippen LogP contribution >= 0.6 is 0 Å². The lowest BCUT2D eigenvalue weighted by atomic mass is 10.3. The van der Waals surface area contributed by atoms with Gasteiger partial charge in [0.05, 0.1) is 0 Å². The monoisotopic (exact) mass is 148 g/mol. The lowest BCUT2D eigenvalue weighted by Gasteiger charge is -1.93. The summed E-state index contributed by atoms with van der Waals surface area (Å²) in [5.74, 6) is 0.424. The first-order valence-electron chi connectivity index (χ1n) is 3.20. The van der Waals surface area contributed by atoms with Gasteiger partial charge in [0.2, 0.25) is 5.78 Å². The second kappa shape index (κ2) is 3.05. The minimum atomic E-state index is -0.171. The van der Waals surface area contributed by atoms with Gasteiger partial charge in [0.1, 0.15) is 11.5 Å². The molecule has 0 bridgehead atoms. The molecule has 11 heavy (non-hydrogen) atoms. The van der Waals surface area contributed by atoms with Crippen LogP contribution in [-0.4, -0.2) is 15.8 Å². The van der Waals surface area contributed by atoms with Crippen LogP contribution in [0.25, 0.3) is 0 Å². The fourth-order valence-electron chi connectivity index (χ4n) is 0.698. The molecule has 56 valence electrons. The number of carbonyl (C=O) groups is 1. The third-order valence-electron chi connectivity index (χ3n) is 1.21. The minimum Gasteiger partial charge on any atom is -0.288 e. The van der Waals surface area contributed by atoms with Gasteiger partial charge in [-0.1, -0.05) is 6.58 Å². The highest BCUT2D eigenvalue weighted by molar-refractivity contribution is 6.02. The summed E-state index contributed by atoms with van der Waals surface area (Å²) in [5, 5.41) is 0. The number of aryl methyl sites for hydroxylation is 1. The topological polar surface area (TPSA) is 42.9 Å². The normalized spacial score (nSPS) is 9.18. The maximum absolute atomic E-state index is 11.0. The SMILES string of the molecule is C=CC(=O)c1ccnc(C)n1. The van der Waals surface area contributed by atoms with Crippen LogP contribution < -0.4 is 0 Å². The Morgan fingerprint density at radius 2 is 2.45 bits per heavy atom. The number of carbonyl (C=O) groups excluding carboxylic acids is 1. The summed E-state index contributed by atoms with van der Waals surface area (Å²) in [5.41, 5.74) is 0.396. The molecular formula is C8H8N2O. The summed E-state index contributed by atoms with van der Waals surface area (Å²) in [6, 6.07) is 1.57. The van der Waals surface area contributed by atoms with Crippen molar-refractivity contribution in [3.05, 3.63) is 36.4 Å². The van der Waals surface area contributed by atoms with Gasteiger partial charge in [0, 0.05) is 6.20 Å². The Morgan fingerprint density at radius 1 is 1.73 bits per heavy atom. The first-order valence-corrected chi connectivity index (χ1v) is 3.20. The summed E-state index contributed by atoms with van der Waals surface area (Å²) in [6.07, 6.45) is 2.79. The van der Waals surface area contributed by atoms with E-state index in [-0.39, 0.29) is 5.78 Å². The molecule has 3 nitrogen and oxygen atoms in total. The van der Waals surface area contributed by atoms with E-state index < -0.39 is 0 Å². The third kappa shape index (κ3) is 1.70. The number of nitrogens with zero attached hydrogens (tertiary/aromatic N) is 2. The van der Waals surface area contributed by atoms with Crippen molar-refractivity contribution in [2.75, 3.05) is 0 Å². The molecule has 0 radical (unpaired) electrons. The Kier molecular flexibility index (Phi) is 2.11. The fourth-order valence-corrected chi connectivity index (χ4v) is 0.698. The highest BCUT2D eigenvalue weighted by Gasteiger charge is 2.01. The molecule has 0 aromatic carbocycles. The summed E-state index contributed by atoms with van der Waals surface area (Å²) >= 11 is 0. The van der Waals surface area contributed by atoms with E-state index in [0.29, 0.717) is 11.5 Å². The molecule has 1 aromatic rings. The van der Waals surface area contributed by atoms with E-state index in [9.17, 15) is 4.79 Å². The predicted octanol–water partition coefficient (Wildman–Crippen LogP) is 1.15. The van der Waals surface area contributed by atoms with Gasteiger partial charge in [-0.25, -0.2) is 9.97 Å². The number of aromatic nitrogens is 2. The van der Waals surface area contributed by atoms with Crippen LogP contribution in [0.1, 0.15) is 16.3 Å². The zero-order chi connectivity index (χ0) is 8.27. The molecule has 0 aliphatic carbocycles. The van der Waals surface area contributed by atoms with Crippen molar-refractivity contribution in [3.8, 4) is 0 Å². The number of ketones is 1. The Morgan fingerprint density at radius 3 is 3.00 bits per heavy atom. The lowest BCUT2D eigenvalue weighted by Crippen LogP contribution is -1.99. The van der Waals surface area contributed by atoms with Crippen LogP contribution in [0.2, 0.25) is 0 Å². The van der Waals surface area contributed by atoms with E-state index in [1.54, 1.807) is 19.2 Å². The van der Waals surface area contributed by atoms with E-state index in [2.05, 4.69) is 16.5 Å². The molecule has 0 fully saturated rings. The van der Waals surface area contributed by atoms with Crippen molar-refractivity contribution in [1.29, 1.82) is 0 Å². The van der Waals surface area contributed by atoms with Crippen molar-refractivity contribution in [1.82, 2.24) is 9.97 Å². The molecule has 0 aliphatic rings. The molecule has 0 spiro atoms. The molecule has 1 aromatic heterocycles. The van der Waals surface area contributed by atoms with Gasteiger partial charge >= 0.3 is 0 Å². The van der Waals surface area contributed by atoms with E-state index in [4.69, 9.17) is 0 Å². The molecule has 0 amide bonds. The standard InChI is InChI=1S/C8H8N2O/c1-3-8(11)7-4-5-9-6(2)10-7/h3-5H,1H2,2H3. The van der Waals surface area contributed by atoms with E-state index in [1.807, 2.05) is 0 Å². The first-order chi connectivity index (χ1) is 5.24. The van der Waals surface area contributed by atoms with Crippen molar-refractivity contribution >= 4 is 5.78 Å². The molecule has 3 heteroatoms. The third-order valence-corrected chi connectivity index (χ3v) is 1.21. The van der Waals surface area contributed by atoms with Crippen molar-refractivity contribution in [2.24, 2.45) is 0 Å². The summed E-state index contributed by atoms with van der Waals surface area (Å²) in [7, 11) is 0. The highest BCUT2D eigenvalue weighted by atomic mass is 16.1. The summed E-state index contributed by atoms with van der Waals surface area (Å²) in [6.45, 7) is 5.09. The van der Waals surface area contributed by atoms with Gasteiger partial charge in [-0.15, -0.1) is 0 Å². The quantitative estimate of drug-likeness (QED) is 0.466. The molecule has 0 aliphatic heterocycles. The summed E-state index contributed by atoms with van der Waals surface area (Å²) in [4.78, 5) is 18.7. The molecule has 0 saturated carbocycles. The summed E-state index contributed by atoms with van der Waals surface area (Å²) < 4.78 is 0. The first kappa shape index (κ1) is 7.60. The number of hydrogen-bond donors (Lipinski definition) is 0. The Hall–Kier alpha value is -1.51.